The van der Waals surface area contributed by atoms with Crippen LogP contribution in [0, 0.1) is 0 Å². The molecule has 1 rings (SSSR count). The van der Waals surface area contributed by atoms with Crippen molar-refractivity contribution in [1.82, 2.24) is 10.2 Å². The fourth-order valence-electron chi connectivity index (χ4n) is 1.48. The number of carbonyl (C=O) groups excluding carboxylic acids is 2. The molecule has 13 heavy (non-hydrogen) atoms. The molecular formula is C8H14N2O3. The normalized spacial score (nSPS) is 27.2. The second kappa shape index (κ2) is 3.85. The van der Waals surface area contributed by atoms with Gasteiger partial charge in [-0.1, -0.05) is 0 Å². The van der Waals surface area contributed by atoms with Crippen molar-refractivity contribution in [2.45, 2.75) is 19.1 Å². The zero-order valence-electron chi connectivity index (χ0n) is 8.03. The molecule has 0 spiro atoms. The second-order valence-corrected chi connectivity index (χ2v) is 3.21. The lowest BCUT2D eigenvalue weighted by Crippen LogP contribution is -2.60. The second-order valence-electron chi connectivity index (χ2n) is 3.21. The highest BCUT2D eigenvalue weighted by atomic mass is 16.5. The van der Waals surface area contributed by atoms with E-state index in [-0.39, 0.29) is 30.5 Å². The first-order chi connectivity index (χ1) is 6.06. The van der Waals surface area contributed by atoms with Crippen LogP contribution in [0.4, 0.5) is 0 Å². The highest BCUT2D eigenvalue weighted by Gasteiger charge is 2.35. The first-order valence-electron chi connectivity index (χ1n) is 4.13. The highest BCUT2D eigenvalue weighted by Crippen LogP contribution is 2.08. The van der Waals surface area contributed by atoms with Crippen molar-refractivity contribution in [3.8, 4) is 0 Å². The first-order valence-corrected chi connectivity index (χ1v) is 4.13. The van der Waals surface area contributed by atoms with Crippen molar-refractivity contribution >= 4 is 11.8 Å². The molecule has 1 fully saturated rings. The van der Waals surface area contributed by atoms with E-state index in [1.165, 1.54) is 0 Å². The maximum Gasteiger partial charge on any atom is 0.246 e. The average molecular weight is 186 g/mol. The van der Waals surface area contributed by atoms with Crippen LogP contribution >= 0.6 is 0 Å². The molecule has 1 aliphatic rings. The summed E-state index contributed by atoms with van der Waals surface area (Å²) in [4.78, 5) is 24.0. The third-order valence-electron chi connectivity index (χ3n) is 2.22. The Balaban J connectivity index is 2.72. The molecule has 0 radical (unpaired) electrons. The van der Waals surface area contributed by atoms with E-state index in [4.69, 9.17) is 4.74 Å². The van der Waals surface area contributed by atoms with Crippen molar-refractivity contribution in [2.24, 2.45) is 0 Å². The Labute approximate surface area is 77.0 Å². The van der Waals surface area contributed by atoms with Crippen molar-refractivity contribution < 1.29 is 14.3 Å². The Morgan fingerprint density at radius 2 is 2.23 bits per heavy atom. The van der Waals surface area contributed by atoms with Crippen molar-refractivity contribution in [1.29, 1.82) is 0 Å². The van der Waals surface area contributed by atoms with Crippen LogP contribution in [0.1, 0.15) is 6.92 Å². The molecule has 0 bridgehead atoms. The summed E-state index contributed by atoms with van der Waals surface area (Å²) in [6.07, 6.45) is -0.210. The molecule has 1 aliphatic heterocycles. The number of carbonyl (C=O) groups is 2. The van der Waals surface area contributed by atoms with Gasteiger partial charge in [-0.3, -0.25) is 19.8 Å². The summed E-state index contributed by atoms with van der Waals surface area (Å²) >= 11 is 0. The topological polar surface area (TPSA) is 58.6 Å². The number of ether oxygens (including phenoxy) is 1. The van der Waals surface area contributed by atoms with Gasteiger partial charge in [-0.15, -0.1) is 0 Å². The van der Waals surface area contributed by atoms with Gasteiger partial charge in [-0.25, -0.2) is 0 Å². The summed E-state index contributed by atoms with van der Waals surface area (Å²) in [5, 5.41) is 2.28. The fourth-order valence-corrected chi connectivity index (χ4v) is 1.48. The molecular weight excluding hydrogens is 172 g/mol. The molecule has 0 aromatic heterocycles. The lowest BCUT2D eigenvalue weighted by Gasteiger charge is -2.33. The van der Waals surface area contributed by atoms with Crippen LogP contribution in [0.25, 0.3) is 0 Å². The van der Waals surface area contributed by atoms with Crippen molar-refractivity contribution in [3.63, 3.8) is 0 Å². The summed E-state index contributed by atoms with van der Waals surface area (Å²) in [5.74, 6) is -0.542. The monoisotopic (exact) mass is 186 g/mol. The molecule has 0 aromatic carbocycles. The standard InChI is InChI=1S/C8H14N2O3/c1-5(13-3)7-8(12)9-6(11)4-10(7)2/h5,7H,4H2,1-3H3,(H,9,11,12). The van der Waals surface area contributed by atoms with Crippen LogP contribution in [-0.4, -0.2) is 49.6 Å². The summed E-state index contributed by atoms with van der Waals surface area (Å²) in [6.45, 7) is 2.04. The van der Waals surface area contributed by atoms with Crippen LogP contribution in [0.2, 0.25) is 0 Å². The average Bonchev–Trinajstić information content (AvgIpc) is 2.02. The smallest absolute Gasteiger partial charge is 0.246 e. The quantitative estimate of drug-likeness (QED) is 0.561. The van der Waals surface area contributed by atoms with Gasteiger partial charge in [0.05, 0.1) is 12.6 Å². The third-order valence-corrected chi connectivity index (χ3v) is 2.22. The molecule has 2 atom stereocenters. The van der Waals surface area contributed by atoms with Gasteiger partial charge in [0, 0.05) is 7.11 Å². The van der Waals surface area contributed by atoms with Gasteiger partial charge in [0.1, 0.15) is 6.04 Å². The van der Waals surface area contributed by atoms with Crippen molar-refractivity contribution in [2.75, 3.05) is 20.7 Å². The fraction of sp³-hybridized carbons (Fsp3) is 0.750. The van der Waals surface area contributed by atoms with Gasteiger partial charge in [-0.05, 0) is 14.0 Å². The lowest BCUT2D eigenvalue weighted by atomic mass is 10.1. The van der Waals surface area contributed by atoms with Gasteiger partial charge < -0.3 is 4.74 Å². The van der Waals surface area contributed by atoms with E-state index in [2.05, 4.69) is 5.32 Å². The number of rotatable bonds is 2. The number of piperazine rings is 1. The number of hydrogen-bond donors (Lipinski definition) is 1. The van der Waals surface area contributed by atoms with Crippen LogP contribution in [0.3, 0.4) is 0 Å². The molecule has 0 aromatic rings. The molecule has 0 aliphatic carbocycles. The van der Waals surface area contributed by atoms with E-state index in [1.54, 1.807) is 26.0 Å². The Morgan fingerprint density at radius 1 is 1.62 bits per heavy atom. The SMILES string of the molecule is COC(C)C1C(=O)NC(=O)CN1C. The predicted molar refractivity (Wildman–Crippen MR) is 46.0 cm³/mol. The Hall–Kier alpha value is -0.940. The van der Waals surface area contributed by atoms with Crippen LogP contribution in [0.5, 0.6) is 0 Å². The number of amides is 2. The van der Waals surface area contributed by atoms with Gasteiger partial charge in [-0.2, -0.15) is 0 Å². The van der Waals surface area contributed by atoms with Gasteiger partial charge >= 0.3 is 0 Å². The molecule has 2 amide bonds. The third kappa shape index (κ3) is 2.05. The Bertz CT molecular complexity index is 229. The molecule has 1 N–H and O–H groups in total. The zero-order valence-corrected chi connectivity index (χ0v) is 8.03. The predicted octanol–water partition coefficient (Wildman–Crippen LogP) is -1.02. The number of nitrogens with one attached hydrogen (secondary N) is 1. The van der Waals surface area contributed by atoms with E-state index < -0.39 is 0 Å². The lowest BCUT2D eigenvalue weighted by molar-refractivity contribution is -0.143. The summed E-state index contributed by atoms with van der Waals surface area (Å²) in [6, 6.07) is -0.373. The van der Waals surface area contributed by atoms with Gasteiger partial charge in [0.25, 0.3) is 0 Å². The van der Waals surface area contributed by atoms with E-state index >= 15 is 0 Å². The number of hydrogen-bond acceptors (Lipinski definition) is 4. The maximum absolute atomic E-state index is 11.4. The van der Waals surface area contributed by atoms with Crippen molar-refractivity contribution in [3.05, 3.63) is 0 Å². The highest BCUT2D eigenvalue weighted by molar-refractivity contribution is 6.01. The number of likely N-dealkylation sites (N-methyl/N-ethyl adjacent to an activating group) is 1. The molecule has 5 heteroatoms. The molecule has 5 nitrogen and oxygen atoms in total. The Morgan fingerprint density at radius 3 is 2.69 bits per heavy atom. The number of imide groups is 1. The molecule has 1 saturated heterocycles. The minimum Gasteiger partial charge on any atom is -0.380 e. The molecule has 74 valence electrons. The van der Waals surface area contributed by atoms with Crippen LogP contribution < -0.4 is 5.32 Å². The zero-order chi connectivity index (χ0) is 10.0. The molecule has 0 saturated carbocycles. The minimum absolute atomic E-state index is 0.210. The summed E-state index contributed by atoms with van der Waals surface area (Å²) in [7, 11) is 3.28. The largest absolute Gasteiger partial charge is 0.380 e. The van der Waals surface area contributed by atoms with Gasteiger partial charge in [0.15, 0.2) is 0 Å². The molecule has 2 unspecified atom stereocenters. The van der Waals surface area contributed by atoms with Crippen LogP contribution in [0.15, 0.2) is 0 Å². The maximum atomic E-state index is 11.4. The minimum atomic E-state index is -0.373. The summed E-state index contributed by atoms with van der Waals surface area (Å²) < 4.78 is 5.05. The first kappa shape index (κ1) is 10.1. The number of nitrogens with zero attached hydrogens (tertiary/aromatic N) is 1. The number of methoxy groups -OCH3 is 1. The molecule has 1 heterocycles. The van der Waals surface area contributed by atoms with E-state index in [0.717, 1.165) is 0 Å². The van der Waals surface area contributed by atoms with E-state index in [1.807, 2.05) is 0 Å². The van der Waals surface area contributed by atoms with Crippen LogP contribution in [-0.2, 0) is 14.3 Å². The van der Waals surface area contributed by atoms with E-state index in [9.17, 15) is 9.59 Å². The Kier molecular flexibility index (Phi) is 3.00. The van der Waals surface area contributed by atoms with E-state index in [0.29, 0.717) is 0 Å². The summed E-state index contributed by atoms with van der Waals surface area (Å²) in [5.41, 5.74) is 0. The van der Waals surface area contributed by atoms with Gasteiger partial charge in [0.2, 0.25) is 11.8 Å².